The smallest absolute Gasteiger partial charge is 0.262 e. The second kappa shape index (κ2) is 6.63. The monoisotopic (exact) mass is 364 g/mol. The molecule has 2 aliphatic rings. The Bertz CT molecular complexity index is 904. The van der Waals surface area contributed by atoms with Crippen LogP contribution in [0.5, 0.6) is 0 Å². The van der Waals surface area contributed by atoms with Gasteiger partial charge in [0, 0.05) is 13.0 Å². The normalized spacial score (nSPS) is 21.0. The highest BCUT2D eigenvalue weighted by Crippen LogP contribution is 2.28. The van der Waals surface area contributed by atoms with Crippen LogP contribution in [0.4, 0.5) is 0 Å². The summed E-state index contributed by atoms with van der Waals surface area (Å²) in [7, 11) is 0. The lowest BCUT2D eigenvalue weighted by molar-refractivity contribution is -0.122. The van der Waals surface area contributed by atoms with Crippen LogP contribution >= 0.6 is 0 Å². The zero-order valence-electron chi connectivity index (χ0n) is 14.8. The fourth-order valence-corrected chi connectivity index (χ4v) is 3.78. The number of amides is 3. The fraction of sp³-hybridized carbons (Fsp3) is 0.286. The van der Waals surface area contributed by atoms with E-state index in [1.165, 1.54) is 5.56 Å². The quantitative estimate of drug-likeness (QED) is 0.801. The maximum absolute atomic E-state index is 12.3. The number of nitrogens with one attached hydrogen (secondary N) is 1. The van der Waals surface area contributed by atoms with Crippen LogP contribution in [-0.2, 0) is 17.6 Å². The zero-order valence-corrected chi connectivity index (χ0v) is 14.8. The lowest BCUT2D eigenvalue weighted by Gasteiger charge is -2.33. The van der Waals surface area contributed by atoms with Crippen LogP contribution in [0.15, 0.2) is 48.5 Å². The summed E-state index contributed by atoms with van der Waals surface area (Å²) in [6.07, 6.45) is 1.77. The van der Waals surface area contributed by atoms with E-state index in [4.69, 9.17) is 0 Å². The van der Waals surface area contributed by atoms with Crippen LogP contribution < -0.4 is 5.32 Å². The first kappa shape index (κ1) is 17.4. The molecule has 1 heterocycles. The molecule has 2 aromatic rings. The Kier molecular flexibility index (Phi) is 4.28. The van der Waals surface area contributed by atoms with Crippen molar-refractivity contribution in [2.75, 3.05) is 13.1 Å². The highest BCUT2D eigenvalue weighted by Gasteiger charge is 2.37. The first-order valence-electron chi connectivity index (χ1n) is 8.98. The SMILES string of the molecule is O=C(CN1C(=O)c2ccccc2C1=O)NCC1(O)CCc2ccccc2C1. The summed E-state index contributed by atoms with van der Waals surface area (Å²) in [5.41, 5.74) is 1.92. The van der Waals surface area contributed by atoms with Gasteiger partial charge in [0.05, 0.1) is 16.7 Å². The van der Waals surface area contributed by atoms with Crippen molar-refractivity contribution in [2.24, 2.45) is 0 Å². The second-order valence-electron chi connectivity index (χ2n) is 7.19. The number of rotatable bonds is 4. The average Bonchev–Trinajstić information content (AvgIpc) is 2.92. The molecule has 0 radical (unpaired) electrons. The minimum Gasteiger partial charge on any atom is -0.388 e. The maximum atomic E-state index is 12.3. The van der Waals surface area contributed by atoms with Gasteiger partial charge in [0.15, 0.2) is 0 Å². The van der Waals surface area contributed by atoms with Gasteiger partial charge in [0.2, 0.25) is 5.91 Å². The van der Waals surface area contributed by atoms with Gasteiger partial charge in [-0.15, -0.1) is 0 Å². The second-order valence-corrected chi connectivity index (χ2v) is 7.19. The van der Waals surface area contributed by atoms with Crippen molar-refractivity contribution in [3.05, 3.63) is 70.8 Å². The summed E-state index contributed by atoms with van der Waals surface area (Å²) in [6.45, 7) is -0.262. The first-order valence-corrected chi connectivity index (χ1v) is 8.98. The van der Waals surface area contributed by atoms with E-state index in [1.54, 1.807) is 24.3 Å². The van der Waals surface area contributed by atoms with Gasteiger partial charge in [-0.05, 0) is 36.1 Å². The van der Waals surface area contributed by atoms with Crippen molar-refractivity contribution in [3.8, 4) is 0 Å². The molecule has 27 heavy (non-hydrogen) atoms. The molecule has 0 bridgehead atoms. The number of benzene rings is 2. The molecule has 4 rings (SSSR count). The zero-order chi connectivity index (χ0) is 19.0. The van der Waals surface area contributed by atoms with Gasteiger partial charge in [-0.1, -0.05) is 36.4 Å². The summed E-state index contributed by atoms with van der Waals surface area (Å²) in [5.74, 6) is -1.39. The largest absolute Gasteiger partial charge is 0.388 e. The topological polar surface area (TPSA) is 86.7 Å². The van der Waals surface area contributed by atoms with Crippen LogP contribution in [0.3, 0.4) is 0 Å². The Balaban J connectivity index is 1.37. The Hall–Kier alpha value is -2.99. The molecule has 1 aliphatic carbocycles. The van der Waals surface area contributed by atoms with Gasteiger partial charge >= 0.3 is 0 Å². The van der Waals surface area contributed by atoms with E-state index in [0.29, 0.717) is 24.0 Å². The molecule has 0 saturated heterocycles. The molecule has 1 unspecified atom stereocenters. The van der Waals surface area contributed by atoms with Crippen LogP contribution in [0, 0.1) is 0 Å². The predicted octanol–water partition coefficient (Wildman–Crippen LogP) is 1.32. The number of imide groups is 1. The molecule has 2 N–H and O–H groups in total. The predicted molar refractivity (Wildman–Crippen MR) is 98.2 cm³/mol. The average molecular weight is 364 g/mol. The van der Waals surface area contributed by atoms with Gasteiger partial charge in [-0.25, -0.2) is 0 Å². The Morgan fingerprint density at radius 3 is 2.26 bits per heavy atom. The third-order valence-electron chi connectivity index (χ3n) is 5.29. The molecule has 0 aromatic heterocycles. The Morgan fingerprint density at radius 2 is 1.59 bits per heavy atom. The van der Waals surface area contributed by atoms with Crippen molar-refractivity contribution in [3.63, 3.8) is 0 Å². The highest BCUT2D eigenvalue weighted by atomic mass is 16.3. The number of carbonyl (C=O) groups excluding carboxylic acids is 3. The summed E-state index contributed by atoms with van der Waals surface area (Å²) in [6, 6.07) is 14.5. The van der Waals surface area contributed by atoms with Gasteiger partial charge in [-0.2, -0.15) is 0 Å². The molecule has 1 atom stereocenters. The van der Waals surface area contributed by atoms with Crippen molar-refractivity contribution < 1.29 is 19.5 Å². The minimum absolute atomic E-state index is 0.0866. The van der Waals surface area contributed by atoms with Gasteiger partial charge in [-0.3, -0.25) is 19.3 Å². The van der Waals surface area contributed by atoms with Crippen LogP contribution in [0.2, 0.25) is 0 Å². The van der Waals surface area contributed by atoms with E-state index in [0.717, 1.165) is 16.9 Å². The van der Waals surface area contributed by atoms with Crippen molar-refractivity contribution in [2.45, 2.75) is 24.9 Å². The molecular weight excluding hydrogens is 344 g/mol. The van der Waals surface area contributed by atoms with E-state index in [2.05, 4.69) is 11.4 Å². The first-order chi connectivity index (χ1) is 13.0. The molecule has 6 heteroatoms. The fourth-order valence-electron chi connectivity index (χ4n) is 3.78. The Morgan fingerprint density at radius 1 is 1.00 bits per heavy atom. The van der Waals surface area contributed by atoms with Gasteiger partial charge in [0.1, 0.15) is 6.54 Å². The summed E-state index contributed by atoms with van der Waals surface area (Å²) < 4.78 is 0. The van der Waals surface area contributed by atoms with Gasteiger partial charge in [0.25, 0.3) is 11.8 Å². The number of fused-ring (bicyclic) bond motifs is 2. The summed E-state index contributed by atoms with van der Waals surface area (Å²) in [4.78, 5) is 37.9. The van der Waals surface area contributed by atoms with E-state index < -0.39 is 23.3 Å². The van der Waals surface area contributed by atoms with E-state index in [1.807, 2.05) is 18.2 Å². The van der Waals surface area contributed by atoms with E-state index >= 15 is 0 Å². The molecule has 0 spiro atoms. The summed E-state index contributed by atoms with van der Waals surface area (Å²) >= 11 is 0. The van der Waals surface area contributed by atoms with E-state index in [-0.39, 0.29) is 13.1 Å². The molecule has 0 saturated carbocycles. The van der Waals surface area contributed by atoms with Crippen LogP contribution in [0.1, 0.15) is 38.3 Å². The molecule has 1 aliphatic heterocycles. The van der Waals surface area contributed by atoms with Crippen molar-refractivity contribution >= 4 is 17.7 Å². The lowest BCUT2D eigenvalue weighted by Crippen LogP contribution is -2.49. The molecule has 0 fully saturated rings. The van der Waals surface area contributed by atoms with Gasteiger partial charge < -0.3 is 10.4 Å². The summed E-state index contributed by atoms with van der Waals surface area (Å²) in [5, 5.41) is 13.5. The molecular formula is C21H20N2O4. The standard InChI is InChI=1S/C21H20N2O4/c24-18(12-23-19(25)16-7-3-4-8-17(16)20(23)26)22-13-21(27)10-9-14-5-1-2-6-15(14)11-21/h1-8,27H,9-13H2,(H,22,24). The molecule has 2 aromatic carbocycles. The Labute approximate surface area is 156 Å². The number of carbonyl (C=O) groups is 3. The molecule has 138 valence electrons. The third-order valence-corrected chi connectivity index (χ3v) is 5.29. The third kappa shape index (κ3) is 3.24. The van der Waals surface area contributed by atoms with Crippen LogP contribution in [0.25, 0.3) is 0 Å². The number of hydrogen-bond donors (Lipinski definition) is 2. The molecule has 6 nitrogen and oxygen atoms in total. The van der Waals surface area contributed by atoms with Crippen LogP contribution in [-0.4, -0.2) is 46.4 Å². The number of nitrogens with zero attached hydrogens (tertiary/aromatic N) is 1. The number of aryl methyl sites for hydroxylation is 1. The lowest BCUT2D eigenvalue weighted by atomic mass is 9.80. The highest BCUT2D eigenvalue weighted by molar-refractivity contribution is 6.22. The van der Waals surface area contributed by atoms with Crippen molar-refractivity contribution in [1.82, 2.24) is 10.2 Å². The number of aliphatic hydroxyl groups is 1. The molecule has 3 amide bonds. The van der Waals surface area contributed by atoms with Crippen molar-refractivity contribution in [1.29, 1.82) is 0 Å². The number of hydrogen-bond acceptors (Lipinski definition) is 4. The maximum Gasteiger partial charge on any atom is 0.262 e. The van der Waals surface area contributed by atoms with E-state index in [9.17, 15) is 19.5 Å². The minimum atomic E-state index is -1.02.